The molecule has 0 saturated heterocycles. The van der Waals surface area contributed by atoms with Crippen LogP contribution in [0.5, 0.6) is 0 Å². The van der Waals surface area contributed by atoms with Gasteiger partial charge in [-0.3, -0.25) is 14.9 Å². The summed E-state index contributed by atoms with van der Waals surface area (Å²) >= 11 is 0. The first-order chi connectivity index (χ1) is 12.5. The SMILES string of the molecule is O=C(N[C@H](Cc1c[nH]c2ccccc12)C(=O)O)c1ccccc1[N+](=O)[O-]. The molecule has 1 heterocycles. The number of carboxylic acids is 1. The standard InChI is InChI=1S/C18H15N3O5/c22-17(13-6-2-4-8-16(13)21(25)26)20-15(18(23)24)9-11-10-19-14-7-3-1-5-12(11)14/h1-8,10,15,19H,9H2,(H,20,22)(H,23,24)/t15-/m1/s1. The third kappa shape index (κ3) is 3.39. The summed E-state index contributed by atoms with van der Waals surface area (Å²) < 4.78 is 0. The quantitative estimate of drug-likeness (QED) is 0.464. The van der Waals surface area contributed by atoms with E-state index in [0.29, 0.717) is 0 Å². The van der Waals surface area contributed by atoms with Crippen molar-refractivity contribution >= 4 is 28.5 Å². The maximum atomic E-state index is 12.4. The van der Waals surface area contributed by atoms with Crippen LogP contribution >= 0.6 is 0 Å². The Bertz CT molecular complexity index is 995. The van der Waals surface area contributed by atoms with E-state index in [9.17, 15) is 24.8 Å². The molecule has 0 bridgehead atoms. The minimum absolute atomic E-state index is 0.0473. The number of fused-ring (bicyclic) bond motifs is 1. The molecule has 0 radical (unpaired) electrons. The molecule has 8 nitrogen and oxygen atoms in total. The topological polar surface area (TPSA) is 125 Å². The smallest absolute Gasteiger partial charge is 0.326 e. The Morgan fingerprint density at radius 2 is 1.85 bits per heavy atom. The van der Waals surface area contributed by atoms with Gasteiger partial charge in [-0.05, 0) is 17.7 Å². The molecule has 3 rings (SSSR count). The lowest BCUT2D eigenvalue weighted by molar-refractivity contribution is -0.385. The number of amides is 1. The summed E-state index contributed by atoms with van der Waals surface area (Å²) in [4.78, 5) is 37.4. The van der Waals surface area contributed by atoms with Gasteiger partial charge in [-0.1, -0.05) is 30.3 Å². The Kier molecular flexibility index (Phi) is 4.66. The molecule has 2 aromatic carbocycles. The number of nitrogens with one attached hydrogen (secondary N) is 2. The number of H-pyrrole nitrogens is 1. The van der Waals surface area contributed by atoms with Gasteiger partial charge < -0.3 is 15.4 Å². The number of carbonyl (C=O) groups excluding carboxylic acids is 1. The molecule has 0 saturated carbocycles. The molecule has 0 fully saturated rings. The van der Waals surface area contributed by atoms with E-state index in [0.717, 1.165) is 16.5 Å². The summed E-state index contributed by atoms with van der Waals surface area (Å²) in [6, 6.07) is 11.6. The highest BCUT2D eigenvalue weighted by Gasteiger charge is 2.26. The number of nitrogens with zero attached hydrogens (tertiary/aromatic N) is 1. The van der Waals surface area contributed by atoms with Gasteiger partial charge in [0, 0.05) is 29.6 Å². The van der Waals surface area contributed by atoms with Crippen molar-refractivity contribution in [3.05, 3.63) is 76.0 Å². The normalized spacial score (nSPS) is 11.8. The molecule has 1 atom stereocenters. The minimum atomic E-state index is -1.22. The maximum Gasteiger partial charge on any atom is 0.326 e. The summed E-state index contributed by atoms with van der Waals surface area (Å²) in [5.41, 5.74) is 1.04. The van der Waals surface area contributed by atoms with Gasteiger partial charge in [-0.15, -0.1) is 0 Å². The maximum absolute atomic E-state index is 12.4. The number of nitro groups is 1. The van der Waals surface area contributed by atoms with Crippen LogP contribution < -0.4 is 5.32 Å². The summed E-state index contributed by atoms with van der Waals surface area (Å²) in [6.45, 7) is 0. The minimum Gasteiger partial charge on any atom is -0.480 e. The Morgan fingerprint density at radius 1 is 1.15 bits per heavy atom. The lowest BCUT2D eigenvalue weighted by atomic mass is 10.0. The van der Waals surface area contributed by atoms with Crippen LogP contribution in [0.15, 0.2) is 54.7 Å². The molecule has 1 aromatic heterocycles. The van der Waals surface area contributed by atoms with Gasteiger partial charge in [-0.25, -0.2) is 4.79 Å². The van der Waals surface area contributed by atoms with E-state index >= 15 is 0 Å². The van der Waals surface area contributed by atoms with Gasteiger partial charge in [0.2, 0.25) is 0 Å². The van der Waals surface area contributed by atoms with Gasteiger partial charge in [0.1, 0.15) is 11.6 Å². The number of para-hydroxylation sites is 2. The summed E-state index contributed by atoms with van der Waals surface area (Å²) in [5.74, 6) is -2.02. The molecular weight excluding hydrogens is 338 g/mol. The zero-order valence-electron chi connectivity index (χ0n) is 13.5. The highest BCUT2D eigenvalue weighted by molar-refractivity contribution is 6.00. The van der Waals surface area contributed by atoms with E-state index in [1.54, 1.807) is 6.20 Å². The van der Waals surface area contributed by atoms with E-state index < -0.39 is 22.8 Å². The van der Waals surface area contributed by atoms with Crippen molar-refractivity contribution in [1.82, 2.24) is 10.3 Å². The van der Waals surface area contributed by atoms with Crippen LogP contribution in [0.2, 0.25) is 0 Å². The Balaban J connectivity index is 1.84. The first-order valence-corrected chi connectivity index (χ1v) is 7.79. The summed E-state index contributed by atoms with van der Waals surface area (Å²) in [5, 5.41) is 23.7. The zero-order valence-corrected chi connectivity index (χ0v) is 13.5. The predicted octanol–water partition coefficient (Wildman–Crippen LogP) is 2.50. The van der Waals surface area contributed by atoms with Gasteiger partial charge >= 0.3 is 5.97 Å². The number of hydrogen-bond donors (Lipinski definition) is 3. The number of nitro benzene ring substituents is 1. The summed E-state index contributed by atoms with van der Waals surface area (Å²) in [6.07, 6.45) is 1.74. The first-order valence-electron chi connectivity index (χ1n) is 7.79. The van der Waals surface area contributed by atoms with Crippen LogP contribution in [-0.4, -0.2) is 32.9 Å². The molecule has 1 amide bonds. The van der Waals surface area contributed by atoms with Crippen LogP contribution in [0.1, 0.15) is 15.9 Å². The second-order valence-electron chi connectivity index (χ2n) is 5.70. The molecule has 0 spiro atoms. The number of rotatable bonds is 6. The molecule has 0 aliphatic heterocycles. The van der Waals surface area contributed by atoms with Gasteiger partial charge in [0.25, 0.3) is 11.6 Å². The third-order valence-corrected chi connectivity index (χ3v) is 4.05. The summed E-state index contributed by atoms with van der Waals surface area (Å²) in [7, 11) is 0. The Hall–Kier alpha value is -3.68. The van der Waals surface area contributed by atoms with Crippen LogP contribution in [-0.2, 0) is 11.2 Å². The number of hydrogen-bond acceptors (Lipinski definition) is 4. The van der Waals surface area contributed by atoms with Crippen LogP contribution in [0.3, 0.4) is 0 Å². The van der Waals surface area contributed by atoms with Crippen molar-refractivity contribution in [2.75, 3.05) is 0 Å². The van der Waals surface area contributed by atoms with Crippen molar-refractivity contribution in [3.63, 3.8) is 0 Å². The fraction of sp³-hybridized carbons (Fsp3) is 0.111. The third-order valence-electron chi connectivity index (χ3n) is 4.05. The number of carbonyl (C=O) groups is 2. The lowest BCUT2D eigenvalue weighted by Crippen LogP contribution is -2.42. The van der Waals surface area contributed by atoms with Crippen LogP contribution in [0, 0.1) is 10.1 Å². The van der Waals surface area contributed by atoms with Crippen LogP contribution in [0.4, 0.5) is 5.69 Å². The molecule has 0 aliphatic carbocycles. The highest BCUT2D eigenvalue weighted by atomic mass is 16.6. The average molecular weight is 353 g/mol. The predicted molar refractivity (Wildman–Crippen MR) is 94.0 cm³/mol. The van der Waals surface area contributed by atoms with Crippen molar-refractivity contribution in [2.24, 2.45) is 0 Å². The molecule has 132 valence electrons. The van der Waals surface area contributed by atoms with Crippen molar-refractivity contribution in [1.29, 1.82) is 0 Å². The number of benzene rings is 2. The molecule has 0 unspecified atom stereocenters. The highest BCUT2D eigenvalue weighted by Crippen LogP contribution is 2.20. The lowest BCUT2D eigenvalue weighted by Gasteiger charge is -2.14. The fourth-order valence-corrected chi connectivity index (χ4v) is 2.78. The Labute approximate surface area is 147 Å². The van der Waals surface area contributed by atoms with E-state index in [4.69, 9.17) is 0 Å². The van der Waals surface area contributed by atoms with Crippen molar-refractivity contribution in [3.8, 4) is 0 Å². The number of carboxylic acid groups (broad SMARTS) is 1. The van der Waals surface area contributed by atoms with E-state index in [1.807, 2.05) is 24.3 Å². The van der Waals surface area contributed by atoms with Crippen molar-refractivity contribution < 1.29 is 19.6 Å². The van der Waals surface area contributed by atoms with Crippen LogP contribution in [0.25, 0.3) is 10.9 Å². The average Bonchev–Trinajstić information content (AvgIpc) is 3.04. The van der Waals surface area contributed by atoms with Crippen molar-refractivity contribution in [2.45, 2.75) is 12.5 Å². The molecule has 26 heavy (non-hydrogen) atoms. The Morgan fingerprint density at radius 3 is 2.58 bits per heavy atom. The van der Waals surface area contributed by atoms with E-state index in [2.05, 4.69) is 10.3 Å². The second kappa shape index (κ2) is 7.06. The zero-order chi connectivity index (χ0) is 18.7. The molecular formula is C18H15N3O5. The number of aliphatic carboxylic acids is 1. The fourth-order valence-electron chi connectivity index (χ4n) is 2.78. The largest absolute Gasteiger partial charge is 0.480 e. The second-order valence-corrected chi connectivity index (χ2v) is 5.70. The molecule has 3 N–H and O–H groups in total. The molecule has 0 aliphatic rings. The van der Waals surface area contributed by atoms with Gasteiger partial charge in [0.15, 0.2) is 0 Å². The number of aromatic nitrogens is 1. The van der Waals surface area contributed by atoms with E-state index in [-0.39, 0.29) is 17.7 Å². The number of aromatic amines is 1. The first kappa shape index (κ1) is 17.2. The van der Waals surface area contributed by atoms with Gasteiger partial charge in [0.05, 0.1) is 4.92 Å². The molecule has 8 heteroatoms. The van der Waals surface area contributed by atoms with Gasteiger partial charge in [-0.2, -0.15) is 0 Å². The molecule has 3 aromatic rings. The monoisotopic (exact) mass is 353 g/mol. The van der Waals surface area contributed by atoms with E-state index in [1.165, 1.54) is 24.3 Å².